The first-order chi connectivity index (χ1) is 15.9. The van der Waals surface area contributed by atoms with E-state index in [1.807, 2.05) is 13.0 Å². The molecule has 0 spiro atoms. The molecule has 33 heavy (non-hydrogen) atoms. The van der Waals surface area contributed by atoms with Crippen LogP contribution in [0.4, 0.5) is 14.6 Å². The van der Waals surface area contributed by atoms with Gasteiger partial charge in [-0.05, 0) is 74.9 Å². The zero-order chi connectivity index (χ0) is 23.1. The highest BCUT2D eigenvalue weighted by atomic mass is 19.1. The number of amides is 1. The number of hydrogen-bond acceptors (Lipinski definition) is 4. The molecule has 0 bridgehead atoms. The van der Waals surface area contributed by atoms with Gasteiger partial charge in [-0.3, -0.25) is 9.78 Å². The van der Waals surface area contributed by atoms with E-state index < -0.39 is 17.7 Å². The molecule has 1 N–H and O–H groups in total. The number of carbonyl (C=O) groups excluding carboxylic acids is 1. The van der Waals surface area contributed by atoms with Gasteiger partial charge in [0.05, 0.1) is 12.6 Å². The summed E-state index contributed by atoms with van der Waals surface area (Å²) in [5.41, 5.74) is 3.36. The molecule has 3 aromatic rings. The van der Waals surface area contributed by atoms with E-state index in [-0.39, 0.29) is 17.0 Å². The van der Waals surface area contributed by atoms with E-state index in [4.69, 9.17) is 0 Å². The molecule has 1 atom stereocenters. The van der Waals surface area contributed by atoms with Crippen molar-refractivity contribution < 1.29 is 13.6 Å². The van der Waals surface area contributed by atoms with Crippen molar-refractivity contribution in [3.8, 4) is 11.1 Å². The number of anilines is 1. The molecular weight excluding hydrogens is 422 g/mol. The lowest BCUT2D eigenvalue weighted by atomic mass is 9.99. The minimum absolute atomic E-state index is 0.0365. The summed E-state index contributed by atoms with van der Waals surface area (Å²) in [6, 6.07) is 7.22. The quantitative estimate of drug-likeness (QED) is 0.517. The molecule has 5 rings (SSSR count). The highest BCUT2D eigenvalue weighted by Gasteiger charge is 2.29. The fraction of sp³-hybridized carbons (Fsp3) is 0.346. The van der Waals surface area contributed by atoms with Gasteiger partial charge in [-0.2, -0.15) is 0 Å². The van der Waals surface area contributed by atoms with Crippen LogP contribution in [0.3, 0.4) is 0 Å². The van der Waals surface area contributed by atoms with Gasteiger partial charge in [0.25, 0.3) is 5.91 Å². The Morgan fingerprint density at radius 3 is 2.64 bits per heavy atom. The highest BCUT2D eigenvalue weighted by Crippen LogP contribution is 2.35. The predicted molar refractivity (Wildman–Crippen MR) is 123 cm³/mol. The van der Waals surface area contributed by atoms with Crippen molar-refractivity contribution >= 4 is 11.7 Å². The summed E-state index contributed by atoms with van der Waals surface area (Å²) in [4.78, 5) is 22.9. The molecule has 2 aromatic heterocycles. The Balaban J connectivity index is 1.40. The highest BCUT2D eigenvalue weighted by molar-refractivity contribution is 5.99. The van der Waals surface area contributed by atoms with Gasteiger partial charge in [-0.1, -0.05) is 0 Å². The van der Waals surface area contributed by atoms with E-state index in [1.165, 1.54) is 25.0 Å². The summed E-state index contributed by atoms with van der Waals surface area (Å²) < 4.78 is 30.2. The van der Waals surface area contributed by atoms with E-state index in [0.717, 1.165) is 17.7 Å². The van der Waals surface area contributed by atoms with Crippen LogP contribution in [-0.4, -0.2) is 27.3 Å². The van der Waals surface area contributed by atoms with Gasteiger partial charge < -0.3 is 10.2 Å². The van der Waals surface area contributed by atoms with Gasteiger partial charge in [-0.15, -0.1) is 0 Å². The topological polar surface area (TPSA) is 58.1 Å². The molecule has 2 aliphatic rings. The Morgan fingerprint density at radius 1 is 1.09 bits per heavy atom. The van der Waals surface area contributed by atoms with Gasteiger partial charge in [0.15, 0.2) is 0 Å². The predicted octanol–water partition coefficient (Wildman–Crippen LogP) is 5.52. The summed E-state index contributed by atoms with van der Waals surface area (Å²) in [5, 5.41) is 3.18. The average Bonchev–Trinajstić information content (AvgIpc) is 3.56. The SMILES string of the molecule is CCN1Cc2c(ccnc2NC(C)c2cc(F)c(-c3ccnc(CC4CC4)c3)cc2F)C1=O. The molecule has 1 fully saturated rings. The summed E-state index contributed by atoms with van der Waals surface area (Å²) in [6.45, 7) is 4.73. The van der Waals surface area contributed by atoms with Crippen LogP contribution in [0.15, 0.2) is 42.7 Å². The normalized spacial score (nSPS) is 16.1. The molecule has 170 valence electrons. The van der Waals surface area contributed by atoms with Crippen LogP contribution >= 0.6 is 0 Å². The Morgan fingerprint density at radius 2 is 1.88 bits per heavy atom. The number of rotatable bonds is 7. The van der Waals surface area contributed by atoms with Crippen LogP contribution in [0.5, 0.6) is 0 Å². The number of fused-ring (bicyclic) bond motifs is 1. The van der Waals surface area contributed by atoms with Crippen LogP contribution in [-0.2, 0) is 13.0 Å². The zero-order valence-corrected chi connectivity index (χ0v) is 18.7. The number of nitrogens with one attached hydrogen (secondary N) is 1. The van der Waals surface area contributed by atoms with Crippen molar-refractivity contribution in [2.45, 2.75) is 45.7 Å². The fourth-order valence-corrected chi connectivity index (χ4v) is 4.44. The van der Waals surface area contributed by atoms with E-state index in [1.54, 1.807) is 36.4 Å². The smallest absolute Gasteiger partial charge is 0.254 e. The van der Waals surface area contributed by atoms with Crippen molar-refractivity contribution in [3.05, 3.63) is 76.7 Å². The van der Waals surface area contributed by atoms with Crippen LogP contribution in [0.1, 0.15) is 59.9 Å². The maximum Gasteiger partial charge on any atom is 0.254 e. The van der Waals surface area contributed by atoms with Crippen LogP contribution in [0.2, 0.25) is 0 Å². The first-order valence-electron chi connectivity index (χ1n) is 11.4. The Bertz CT molecular complexity index is 1220. The maximum atomic E-state index is 15.1. The molecule has 1 amide bonds. The summed E-state index contributed by atoms with van der Waals surface area (Å²) >= 11 is 0. The number of benzene rings is 1. The van der Waals surface area contributed by atoms with Gasteiger partial charge in [0, 0.05) is 46.9 Å². The summed E-state index contributed by atoms with van der Waals surface area (Å²) in [5.74, 6) is 0.169. The van der Waals surface area contributed by atoms with Crippen LogP contribution < -0.4 is 5.32 Å². The molecule has 0 saturated heterocycles. The van der Waals surface area contributed by atoms with Gasteiger partial charge in [-0.25, -0.2) is 13.8 Å². The van der Waals surface area contributed by atoms with E-state index in [9.17, 15) is 4.79 Å². The number of carbonyl (C=O) groups is 1. The Hall–Kier alpha value is -3.35. The lowest BCUT2D eigenvalue weighted by Gasteiger charge is -2.19. The Kier molecular flexibility index (Phi) is 5.56. The minimum atomic E-state index is -0.541. The molecule has 1 aliphatic heterocycles. The van der Waals surface area contributed by atoms with Crippen molar-refractivity contribution in [1.82, 2.24) is 14.9 Å². The van der Waals surface area contributed by atoms with Gasteiger partial charge in [0.2, 0.25) is 0 Å². The van der Waals surface area contributed by atoms with Gasteiger partial charge >= 0.3 is 0 Å². The molecule has 1 saturated carbocycles. The van der Waals surface area contributed by atoms with Crippen molar-refractivity contribution in [1.29, 1.82) is 0 Å². The second-order valence-electron chi connectivity index (χ2n) is 8.91. The lowest BCUT2D eigenvalue weighted by Crippen LogP contribution is -2.22. The summed E-state index contributed by atoms with van der Waals surface area (Å²) in [6.07, 6.45) is 6.51. The molecule has 3 heterocycles. The standard InChI is InChI=1S/C26H26F2N4O/c1-3-32-14-22-19(26(32)33)7-9-30-25(22)31-15(2)20-12-24(28)21(13-23(20)27)17-6-8-29-18(11-17)10-16-4-5-16/h6-9,11-13,15-16H,3-5,10,14H2,1-2H3,(H,30,31). The number of aromatic nitrogens is 2. The van der Waals surface area contributed by atoms with Crippen molar-refractivity contribution in [2.24, 2.45) is 5.92 Å². The molecule has 1 aromatic carbocycles. The lowest BCUT2D eigenvalue weighted by molar-refractivity contribution is 0.0787. The van der Waals surface area contributed by atoms with E-state index in [0.29, 0.717) is 36.0 Å². The molecule has 7 heteroatoms. The monoisotopic (exact) mass is 448 g/mol. The Labute approximate surface area is 191 Å². The molecule has 1 unspecified atom stereocenters. The number of hydrogen-bond donors (Lipinski definition) is 1. The molecule has 1 aliphatic carbocycles. The molecular formula is C26H26F2N4O. The number of pyridine rings is 2. The van der Waals surface area contributed by atoms with Crippen molar-refractivity contribution in [3.63, 3.8) is 0 Å². The largest absolute Gasteiger partial charge is 0.363 e. The third-order valence-electron chi connectivity index (χ3n) is 6.53. The fourth-order valence-electron chi connectivity index (χ4n) is 4.44. The van der Waals surface area contributed by atoms with Crippen molar-refractivity contribution in [2.75, 3.05) is 11.9 Å². The number of halogens is 2. The van der Waals surface area contributed by atoms with E-state index in [2.05, 4.69) is 15.3 Å². The average molecular weight is 449 g/mol. The number of nitrogens with zero attached hydrogens (tertiary/aromatic N) is 3. The third kappa shape index (κ3) is 4.19. The summed E-state index contributed by atoms with van der Waals surface area (Å²) in [7, 11) is 0. The van der Waals surface area contributed by atoms with Crippen LogP contribution in [0.25, 0.3) is 11.1 Å². The second kappa shape index (κ2) is 8.54. The second-order valence-corrected chi connectivity index (χ2v) is 8.91. The van der Waals surface area contributed by atoms with E-state index >= 15 is 8.78 Å². The third-order valence-corrected chi connectivity index (χ3v) is 6.53. The minimum Gasteiger partial charge on any atom is -0.363 e. The maximum absolute atomic E-state index is 15.1. The first-order valence-corrected chi connectivity index (χ1v) is 11.4. The zero-order valence-electron chi connectivity index (χ0n) is 18.7. The first kappa shape index (κ1) is 21.5. The van der Waals surface area contributed by atoms with Gasteiger partial charge in [0.1, 0.15) is 17.5 Å². The molecule has 0 radical (unpaired) electrons. The van der Waals surface area contributed by atoms with Crippen LogP contribution in [0, 0.1) is 17.6 Å². The molecule has 5 nitrogen and oxygen atoms in total.